The number of aliphatic hydroxyl groups excluding tert-OH is 1. The largest absolute Gasteiger partial charge is 0.449 e. The summed E-state index contributed by atoms with van der Waals surface area (Å²) in [5.41, 5.74) is -1.29. The van der Waals surface area contributed by atoms with Crippen molar-refractivity contribution in [3.8, 4) is 0 Å². The predicted octanol–water partition coefficient (Wildman–Crippen LogP) is 4.50. The zero-order chi connectivity index (χ0) is 24.6. The van der Waals surface area contributed by atoms with E-state index in [0.717, 1.165) is 0 Å². The van der Waals surface area contributed by atoms with Crippen LogP contribution in [0.1, 0.15) is 30.0 Å². The van der Waals surface area contributed by atoms with E-state index in [1.807, 2.05) is 0 Å². The van der Waals surface area contributed by atoms with E-state index in [2.05, 4.69) is 15.6 Å². The molecule has 1 aromatic heterocycles. The number of rotatable bonds is 6. The first-order chi connectivity index (χ1) is 15.3. The minimum atomic E-state index is -4.88. The van der Waals surface area contributed by atoms with E-state index in [1.54, 1.807) is 6.07 Å². The summed E-state index contributed by atoms with van der Waals surface area (Å²) in [6.07, 6.45) is -4.88. The summed E-state index contributed by atoms with van der Waals surface area (Å²) in [5, 5.41) is 14.4. The Morgan fingerprint density at radius 1 is 1.09 bits per heavy atom. The highest BCUT2D eigenvalue weighted by molar-refractivity contribution is 6.40. The van der Waals surface area contributed by atoms with E-state index >= 15 is 0 Å². The Kier molecular flexibility index (Phi) is 6.92. The molecule has 1 heterocycles. The van der Waals surface area contributed by atoms with Crippen molar-refractivity contribution >= 4 is 51.7 Å². The van der Waals surface area contributed by atoms with Crippen LogP contribution in [-0.2, 0) is 17.5 Å². The first kappa shape index (κ1) is 24.8. The van der Waals surface area contributed by atoms with Crippen molar-refractivity contribution in [2.45, 2.75) is 32.1 Å². The Morgan fingerprint density at radius 2 is 1.70 bits per heavy atom. The standard InChI is InChI=1S/C21H19Cl2F3N4O3/c1-20(2,10-31)29-15(32)9-30-14-8-4-7-13(17(14)28-19(30)21(24,25)26)27-18(33)16-11(22)5-3-6-12(16)23/h3-8,31H,9-10H2,1-2H3,(H,27,33)(H,29,32). The summed E-state index contributed by atoms with van der Waals surface area (Å²) in [6, 6.07) is 8.58. The van der Waals surface area contributed by atoms with Gasteiger partial charge in [-0.1, -0.05) is 35.3 Å². The van der Waals surface area contributed by atoms with Gasteiger partial charge >= 0.3 is 6.18 Å². The normalized spacial score (nSPS) is 12.1. The minimum Gasteiger partial charge on any atom is -0.394 e. The van der Waals surface area contributed by atoms with Crippen LogP contribution in [-0.4, -0.2) is 38.6 Å². The molecule has 7 nitrogen and oxygen atoms in total. The van der Waals surface area contributed by atoms with Gasteiger partial charge in [0.05, 0.1) is 39.0 Å². The Bertz CT molecular complexity index is 1210. The lowest BCUT2D eigenvalue weighted by Crippen LogP contribution is -2.47. The molecule has 0 atom stereocenters. The van der Waals surface area contributed by atoms with Crippen LogP contribution in [0.15, 0.2) is 36.4 Å². The highest BCUT2D eigenvalue weighted by Gasteiger charge is 2.38. The van der Waals surface area contributed by atoms with Crippen LogP contribution < -0.4 is 10.6 Å². The molecule has 176 valence electrons. The van der Waals surface area contributed by atoms with Gasteiger partial charge in [-0.2, -0.15) is 13.2 Å². The number of amides is 2. The third-order valence-electron chi connectivity index (χ3n) is 4.65. The highest BCUT2D eigenvalue weighted by Crippen LogP contribution is 2.34. The molecular formula is C21H19Cl2F3N4O3. The molecule has 0 saturated heterocycles. The van der Waals surface area contributed by atoms with E-state index in [9.17, 15) is 27.9 Å². The number of halogens is 5. The number of carbonyl (C=O) groups is 2. The van der Waals surface area contributed by atoms with E-state index in [0.29, 0.717) is 4.57 Å². The zero-order valence-corrected chi connectivity index (χ0v) is 18.9. The lowest BCUT2D eigenvalue weighted by atomic mass is 10.1. The molecule has 3 rings (SSSR count). The van der Waals surface area contributed by atoms with Crippen molar-refractivity contribution in [1.29, 1.82) is 0 Å². The number of nitrogens with one attached hydrogen (secondary N) is 2. The summed E-state index contributed by atoms with van der Waals surface area (Å²) in [5.74, 6) is -2.80. The fourth-order valence-corrected chi connectivity index (χ4v) is 3.69. The van der Waals surface area contributed by atoms with Crippen molar-refractivity contribution in [2.24, 2.45) is 0 Å². The summed E-state index contributed by atoms with van der Waals surface area (Å²) >= 11 is 12.1. The monoisotopic (exact) mass is 502 g/mol. The van der Waals surface area contributed by atoms with Gasteiger partial charge in [0.1, 0.15) is 12.1 Å². The predicted molar refractivity (Wildman–Crippen MR) is 118 cm³/mol. The SMILES string of the molecule is CC(C)(CO)NC(=O)Cn1c(C(F)(F)F)nc2c(NC(=O)c3c(Cl)cccc3Cl)cccc21. The quantitative estimate of drug-likeness (QED) is 0.462. The minimum absolute atomic E-state index is 0.0196. The first-order valence-corrected chi connectivity index (χ1v) is 10.3. The number of hydrogen-bond donors (Lipinski definition) is 3. The van der Waals surface area contributed by atoms with Gasteiger partial charge in [-0.15, -0.1) is 0 Å². The molecule has 3 aromatic rings. The summed E-state index contributed by atoms with van der Waals surface area (Å²) < 4.78 is 41.9. The topological polar surface area (TPSA) is 96.2 Å². The van der Waals surface area contributed by atoms with Crippen molar-refractivity contribution in [3.05, 3.63) is 57.8 Å². The molecule has 3 N–H and O–H groups in total. The number of carbonyl (C=O) groups excluding carboxylic acids is 2. The van der Waals surface area contributed by atoms with Gasteiger partial charge in [-0.3, -0.25) is 9.59 Å². The second-order valence-corrected chi connectivity index (χ2v) is 8.65. The van der Waals surface area contributed by atoms with Gasteiger partial charge in [0.2, 0.25) is 11.7 Å². The fraction of sp³-hybridized carbons (Fsp3) is 0.286. The molecule has 0 saturated carbocycles. The van der Waals surface area contributed by atoms with E-state index in [-0.39, 0.29) is 32.3 Å². The van der Waals surface area contributed by atoms with Crippen LogP contribution in [0.3, 0.4) is 0 Å². The molecule has 0 radical (unpaired) electrons. The Labute approximate surface area is 196 Å². The van der Waals surface area contributed by atoms with Crippen LogP contribution in [0.2, 0.25) is 10.0 Å². The van der Waals surface area contributed by atoms with Crippen molar-refractivity contribution < 1.29 is 27.9 Å². The molecule has 0 aliphatic carbocycles. The Hall–Kier alpha value is -2.82. The molecule has 2 amide bonds. The van der Waals surface area contributed by atoms with Gasteiger partial charge < -0.3 is 20.3 Å². The number of hydrogen-bond acceptors (Lipinski definition) is 4. The molecule has 0 spiro atoms. The molecular weight excluding hydrogens is 484 g/mol. The Balaban J connectivity index is 2.04. The molecule has 0 aliphatic heterocycles. The molecule has 0 fully saturated rings. The van der Waals surface area contributed by atoms with Crippen LogP contribution in [0.25, 0.3) is 11.0 Å². The molecule has 12 heteroatoms. The van der Waals surface area contributed by atoms with Crippen LogP contribution in [0.5, 0.6) is 0 Å². The van der Waals surface area contributed by atoms with Crippen LogP contribution in [0, 0.1) is 0 Å². The number of fused-ring (bicyclic) bond motifs is 1. The highest BCUT2D eigenvalue weighted by atomic mass is 35.5. The fourth-order valence-electron chi connectivity index (χ4n) is 3.12. The van der Waals surface area contributed by atoms with E-state index in [1.165, 1.54) is 44.2 Å². The number of aliphatic hydroxyl groups is 1. The average Bonchev–Trinajstić information content (AvgIpc) is 3.07. The zero-order valence-electron chi connectivity index (χ0n) is 17.4. The summed E-state index contributed by atoms with van der Waals surface area (Å²) in [6.45, 7) is 1.93. The van der Waals surface area contributed by atoms with Gasteiger partial charge in [0.25, 0.3) is 5.91 Å². The van der Waals surface area contributed by atoms with Crippen molar-refractivity contribution in [1.82, 2.24) is 14.9 Å². The first-order valence-electron chi connectivity index (χ1n) is 9.58. The van der Waals surface area contributed by atoms with Crippen molar-refractivity contribution in [2.75, 3.05) is 11.9 Å². The maximum absolute atomic E-state index is 13.7. The maximum Gasteiger partial charge on any atom is 0.449 e. The molecule has 0 bridgehead atoms. The summed E-state index contributed by atoms with van der Waals surface area (Å²) in [7, 11) is 0. The Morgan fingerprint density at radius 3 is 2.27 bits per heavy atom. The molecule has 33 heavy (non-hydrogen) atoms. The number of para-hydroxylation sites is 1. The lowest BCUT2D eigenvalue weighted by molar-refractivity contribution is -0.147. The molecule has 0 unspecified atom stereocenters. The second-order valence-electron chi connectivity index (χ2n) is 7.83. The van der Waals surface area contributed by atoms with Gasteiger partial charge in [-0.25, -0.2) is 4.98 Å². The van der Waals surface area contributed by atoms with Gasteiger partial charge in [-0.05, 0) is 38.1 Å². The van der Waals surface area contributed by atoms with Crippen LogP contribution >= 0.6 is 23.2 Å². The van der Waals surface area contributed by atoms with Crippen LogP contribution in [0.4, 0.5) is 18.9 Å². The van der Waals surface area contributed by atoms with Gasteiger partial charge in [0.15, 0.2) is 0 Å². The average molecular weight is 503 g/mol. The molecule has 2 aromatic carbocycles. The number of anilines is 1. The lowest BCUT2D eigenvalue weighted by Gasteiger charge is -2.24. The van der Waals surface area contributed by atoms with Crippen molar-refractivity contribution in [3.63, 3.8) is 0 Å². The number of nitrogens with zero attached hydrogens (tertiary/aromatic N) is 2. The number of alkyl halides is 3. The smallest absolute Gasteiger partial charge is 0.394 e. The number of imidazole rings is 1. The molecule has 0 aliphatic rings. The van der Waals surface area contributed by atoms with E-state index in [4.69, 9.17) is 23.2 Å². The number of benzene rings is 2. The maximum atomic E-state index is 13.7. The van der Waals surface area contributed by atoms with Gasteiger partial charge in [0, 0.05) is 0 Å². The summed E-state index contributed by atoms with van der Waals surface area (Å²) in [4.78, 5) is 28.8. The third kappa shape index (κ3) is 5.40. The van der Waals surface area contributed by atoms with E-state index < -0.39 is 42.5 Å². The number of aromatic nitrogens is 2. The second kappa shape index (κ2) is 9.20. The third-order valence-corrected chi connectivity index (χ3v) is 5.28.